The van der Waals surface area contributed by atoms with Gasteiger partial charge in [-0.2, -0.15) is 14.5 Å². The summed E-state index contributed by atoms with van der Waals surface area (Å²) in [6.45, 7) is 4.65. The summed E-state index contributed by atoms with van der Waals surface area (Å²) >= 11 is 0. The lowest BCUT2D eigenvalue weighted by molar-refractivity contribution is 0.0689. The number of nitrogens with zero attached hydrogens (tertiary/aromatic N) is 6. The summed E-state index contributed by atoms with van der Waals surface area (Å²) in [5, 5.41) is 8.35. The van der Waals surface area contributed by atoms with Gasteiger partial charge in [-0.3, -0.25) is 9.48 Å². The Kier molecular flexibility index (Phi) is 6.66. The van der Waals surface area contributed by atoms with Gasteiger partial charge < -0.3 is 9.64 Å². The first-order valence-corrected chi connectivity index (χ1v) is 12.1. The van der Waals surface area contributed by atoms with Crippen LogP contribution >= 0.6 is 0 Å². The number of ether oxygens (including phenoxy) is 1. The van der Waals surface area contributed by atoms with Gasteiger partial charge in [-0.05, 0) is 32.0 Å². The summed E-state index contributed by atoms with van der Waals surface area (Å²) < 4.78 is 62.2. The Morgan fingerprint density at radius 1 is 1.09 bits per heavy atom. The number of aryl methyl sites for hydroxylation is 2. The van der Waals surface area contributed by atoms with E-state index < -0.39 is 21.7 Å². The molecule has 0 aliphatic carbocycles. The van der Waals surface area contributed by atoms with E-state index in [1.54, 1.807) is 11.6 Å². The van der Waals surface area contributed by atoms with Crippen LogP contribution in [0.5, 0.6) is 5.75 Å². The van der Waals surface area contributed by atoms with Crippen LogP contribution in [0.25, 0.3) is 0 Å². The molecule has 34 heavy (non-hydrogen) atoms. The van der Waals surface area contributed by atoms with E-state index in [4.69, 9.17) is 4.74 Å². The normalized spacial score (nSPS) is 15.0. The van der Waals surface area contributed by atoms with E-state index in [1.165, 1.54) is 38.4 Å². The molecule has 0 radical (unpaired) electrons. The maximum Gasteiger partial charge on any atom is 0.274 e. The molecule has 2 aromatic heterocycles. The van der Waals surface area contributed by atoms with Crippen LogP contribution < -0.4 is 4.74 Å². The second kappa shape index (κ2) is 9.50. The lowest BCUT2D eigenvalue weighted by atomic mass is 10.3. The first-order chi connectivity index (χ1) is 16.2. The molecule has 1 fully saturated rings. The highest BCUT2D eigenvalue weighted by molar-refractivity contribution is 7.89. The Balaban J connectivity index is 1.35. The third kappa shape index (κ3) is 4.80. The average Bonchev–Trinajstić information content (AvgIpc) is 3.45. The van der Waals surface area contributed by atoms with Crippen LogP contribution in [0.2, 0.25) is 0 Å². The second-order valence-electron chi connectivity index (χ2n) is 7.72. The molecule has 0 N–H and O–H groups in total. The minimum Gasteiger partial charge on any atom is -0.468 e. The van der Waals surface area contributed by atoms with Gasteiger partial charge in [-0.15, -0.1) is 0 Å². The number of carbonyl (C=O) groups is 1. The van der Waals surface area contributed by atoms with Crippen molar-refractivity contribution in [2.24, 2.45) is 0 Å². The van der Waals surface area contributed by atoms with Crippen molar-refractivity contribution in [2.75, 3.05) is 26.2 Å². The fourth-order valence-corrected chi connectivity index (χ4v) is 5.21. The van der Waals surface area contributed by atoms with Crippen molar-refractivity contribution in [3.63, 3.8) is 0 Å². The topological polar surface area (TPSA) is 103 Å². The van der Waals surface area contributed by atoms with Gasteiger partial charge in [0.2, 0.25) is 10.0 Å². The summed E-state index contributed by atoms with van der Waals surface area (Å²) in [6, 6.07) is 4.46. The summed E-state index contributed by atoms with van der Waals surface area (Å²) in [7, 11) is -3.71. The molecule has 4 rings (SSSR count). The predicted molar refractivity (Wildman–Crippen MR) is 117 cm³/mol. The van der Waals surface area contributed by atoms with E-state index in [9.17, 15) is 22.0 Å². The molecule has 3 aromatic rings. The van der Waals surface area contributed by atoms with Crippen molar-refractivity contribution in [1.82, 2.24) is 28.8 Å². The third-order valence-corrected chi connectivity index (χ3v) is 7.48. The van der Waals surface area contributed by atoms with E-state index in [2.05, 4.69) is 10.2 Å². The molecule has 3 heterocycles. The largest absolute Gasteiger partial charge is 0.468 e. The van der Waals surface area contributed by atoms with Crippen molar-refractivity contribution in [3.05, 3.63) is 59.7 Å². The molecule has 13 heteroatoms. The third-order valence-electron chi connectivity index (χ3n) is 5.48. The van der Waals surface area contributed by atoms with Crippen molar-refractivity contribution < 1.29 is 26.7 Å². The Morgan fingerprint density at radius 3 is 2.47 bits per heavy atom. The molecule has 1 saturated heterocycles. The van der Waals surface area contributed by atoms with Crippen molar-refractivity contribution in [3.8, 4) is 5.75 Å². The van der Waals surface area contributed by atoms with Crippen molar-refractivity contribution in [1.29, 1.82) is 0 Å². The molecule has 0 atom stereocenters. The Labute approximate surface area is 195 Å². The van der Waals surface area contributed by atoms with E-state index in [-0.39, 0.29) is 55.2 Å². The lowest BCUT2D eigenvalue weighted by Gasteiger charge is -2.33. The van der Waals surface area contributed by atoms with Gasteiger partial charge in [0.15, 0.2) is 24.0 Å². The smallest absolute Gasteiger partial charge is 0.274 e. The molecule has 0 bridgehead atoms. The number of amides is 1. The van der Waals surface area contributed by atoms with Crippen LogP contribution in [0.3, 0.4) is 0 Å². The zero-order chi connectivity index (χ0) is 24.5. The molecule has 182 valence electrons. The average molecular weight is 495 g/mol. The number of carbonyl (C=O) groups excluding carboxylic acids is 1. The number of rotatable bonds is 7. The number of piperazine rings is 1. The predicted octanol–water partition coefficient (Wildman–Crippen LogP) is 1.87. The molecule has 1 aromatic carbocycles. The molecule has 0 saturated carbocycles. The fraction of sp³-hybridized carbons (Fsp3) is 0.381. The number of hydrogen-bond acceptors (Lipinski definition) is 6. The standard InChI is InChI=1S/C21H24F2N6O4S/c1-3-27-13-20(15(2)24-27)34(31,32)29-10-8-26(9-11-29)21(30)18-6-7-28(25-18)14-33-19-5-4-16(22)12-17(19)23/h4-7,12-13H,3,8-11,14H2,1-2H3. The van der Waals surface area contributed by atoms with Crippen molar-refractivity contribution >= 4 is 15.9 Å². The molecule has 0 spiro atoms. The number of hydrogen-bond donors (Lipinski definition) is 0. The van der Waals surface area contributed by atoms with E-state index in [1.807, 2.05) is 6.92 Å². The molecule has 0 unspecified atom stereocenters. The van der Waals surface area contributed by atoms with Crippen molar-refractivity contribution in [2.45, 2.75) is 32.0 Å². The van der Waals surface area contributed by atoms with Crippen LogP contribution in [0.15, 0.2) is 41.6 Å². The highest BCUT2D eigenvalue weighted by Gasteiger charge is 2.33. The van der Waals surface area contributed by atoms with E-state index >= 15 is 0 Å². The van der Waals surface area contributed by atoms with E-state index in [0.29, 0.717) is 18.3 Å². The SMILES string of the molecule is CCn1cc(S(=O)(=O)N2CCN(C(=O)c3ccn(COc4ccc(F)cc4F)n3)CC2)c(C)n1. The maximum absolute atomic E-state index is 13.7. The molecule has 1 aliphatic heterocycles. The highest BCUT2D eigenvalue weighted by atomic mass is 32.2. The summed E-state index contributed by atoms with van der Waals surface area (Å²) in [4.78, 5) is 14.5. The molecule has 10 nitrogen and oxygen atoms in total. The molecule has 1 aliphatic rings. The zero-order valence-electron chi connectivity index (χ0n) is 18.7. The number of sulfonamides is 1. The highest BCUT2D eigenvalue weighted by Crippen LogP contribution is 2.21. The number of benzene rings is 1. The first-order valence-electron chi connectivity index (χ1n) is 10.6. The Morgan fingerprint density at radius 2 is 1.82 bits per heavy atom. The number of halogens is 2. The Bertz CT molecular complexity index is 1300. The van der Waals surface area contributed by atoms with Gasteiger partial charge in [0.1, 0.15) is 10.7 Å². The van der Waals surface area contributed by atoms with Gasteiger partial charge >= 0.3 is 0 Å². The number of aromatic nitrogens is 4. The van der Waals surface area contributed by atoms with Gasteiger partial charge in [0, 0.05) is 51.2 Å². The van der Waals surface area contributed by atoms with Gasteiger partial charge in [0.05, 0.1) is 5.69 Å². The molecule has 1 amide bonds. The van der Waals surface area contributed by atoms with Gasteiger partial charge in [-0.25, -0.2) is 21.9 Å². The van der Waals surface area contributed by atoms with Crippen LogP contribution in [-0.4, -0.2) is 69.3 Å². The lowest BCUT2D eigenvalue weighted by Crippen LogP contribution is -2.50. The van der Waals surface area contributed by atoms with Gasteiger partial charge in [-0.1, -0.05) is 0 Å². The van der Waals surface area contributed by atoms with Crippen LogP contribution in [0.4, 0.5) is 8.78 Å². The van der Waals surface area contributed by atoms with Crippen LogP contribution in [-0.2, 0) is 23.3 Å². The van der Waals surface area contributed by atoms with Gasteiger partial charge in [0.25, 0.3) is 5.91 Å². The minimum absolute atomic E-state index is 0.137. The second-order valence-corrected chi connectivity index (χ2v) is 9.63. The summed E-state index contributed by atoms with van der Waals surface area (Å²) in [5.74, 6) is -2.04. The summed E-state index contributed by atoms with van der Waals surface area (Å²) in [5.41, 5.74) is 0.591. The monoisotopic (exact) mass is 494 g/mol. The van der Waals surface area contributed by atoms with E-state index in [0.717, 1.165) is 6.07 Å². The van der Waals surface area contributed by atoms with Crippen LogP contribution in [0, 0.1) is 18.6 Å². The fourth-order valence-electron chi connectivity index (χ4n) is 3.62. The summed E-state index contributed by atoms with van der Waals surface area (Å²) in [6.07, 6.45) is 3.03. The quantitative estimate of drug-likeness (QED) is 0.497. The molecular formula is C21H24F2N6O4S. The first kappa shape index (κ1) is 23.8. The maximum atomic E-state index is 13.7. The van der Waals surface area contributed by atoms with Crippen LogP contribution in [0.1, 0.15) is 23.1 Å². The minimum atomic E-state index is -3.71. The zero-order valence-corrected chi connectivity index (χ0v) is 19.5. The molecular weight excluding hydrogens is 470 g/mol. The Hall–Kier alpha value is -3.32.